The Morgan fingerprint density at radius 2 is 1.96 bits per heavy atom. The molecule has 1 aliphatic rings. The Bertz CT molecular complexity index is 883. The van der Waals surface area contributed by atoms with Crippen molar-refractivity contribution >= 4 is 22.5 Å². The number of hydrogen-bond acceptors (Lipinski definition) is 2. The van der Waals surface area contributed by atoms with Gasteiger partial charge in [-0.05, 0) is 49.1 Å². The summed E-state index contributed by atoms with van der Waals surface area (Å²) in [6.45, 7) is 2.00. The third kappa shape index (κ3) is 3.30. The van der Waals surface area contributed by atoms with Gasteiger partial charge >= 0.3 is 0 Å². The molecule has 2 aromatic carbocycles. The molecule has 128 valence electrons. The normalized spacial score (nSPS) is 13.8. The highest BCUT2D eigenvalue weighted by molar-refractivity contribution is 5.96. The quantitative estimate of drug-likeness (QED) is 0.704. The van der Waals surface area contributed by atoms with Gasteiger partial charge in [0, 0.05) is 29.3 Å². The molecule has 0 saturated heterocycles. The maximum atomic E-state index is 12.6. The fourth-order valence-corrected chi connectivity index (χ4v) is 3.64. The Kier molecular flexibility index (Phi) is 4.53. The molecule has 0 atom stereocenters. The Labute approximate surface area is 147 Å². The van der Waals surface area contributed by atoms with Crippen molar-refractivity contribution in [1.82, 2.24) is 10.3 Å². The highest BCUT2D eigenvalue weighted by Gasteiger charge is 2.21. The molecule has 0 radical (unpaired) electrons. The van der Waals surface area contributed by atoms with E-state index in [1.807, 2.05) is 23.1 Å². The summed E-state index contributed by atoms with van der Waals surface area (Å²) in [4.78, 5) is 17.8. The standard InChI is InChI=1S/C21H23N3O/c25-21(24-13-5-7-16-6-1-4-10-20(16)24)15-22-12-11-17-14-23-19-9-3-2-8-18(17)19/h1-4,6,8-10,14,22-23H,5,7,11-13,15H2. The first-order chi connectivity index (χ1) is 12.3. The van der Waals surface area contributed by atoms with Crippen LogP contribution in [0.1, 0.15) is 17.5 Å². The molecule has 4 rings (SSSR count). The van der Waals surface area contributed by atoms with E-state index in [0.717, 1.165) is 38.0 Å². The van der Waals surface area contributed by atoms with Crippen LogP contribution >= 0.6 is 0 Å². The predicted molar refractivity (Wildman–Crippen MR) is 102 cm³/mol. The van der Waals surface area contributed by atoms with Crippen molar-refractivity contribution in [1.29, 1.82) is 0 Å². The third-order valence-corrected chi connectivity index (χ3v) is 4.93. The molecular weight excluding hydrogens is 310 g/mol. The van der Waals surface area contributed by atoms with E-state index in [1.54, 1.807) is 0 Å². The summed E-state index contributed by atoms with van der Waals surface area (Å²) in [5, 5.41) is 4.58. The second kappa shape index (κ2) is 7.11. The Hall–Kier alpha value is -2.59. The van der Waals surface area contributed by atoms with E-state index < -0.39 is 0 Å². The minimum atomic E-state index is 0.158. The Morgan fingerprint density at radius 1 is 1.12 bits per heavy atom. The van der Waals surface area contributed by atoms with E-state index in [4.69, 9.17) is 0 Å². The molecule has 0 unspecified atom stereocenters. The average Bonchev–Trinajstić information content (AvgIpc) is 3.08. The fourth-order valence-electron chi connectivity index (χ4n) is 3.64. The van der Waals surface area contributed by atoms with Crippen LogP contribution in [0.4, 0.5) is 5.69 Å². The number of nitrogens with zero attached hydrogens (tertiary/aromatic N) is 1. The lowest BCUT2D eigenvalue weighted by atomic mass is 10.0. The smallest absolute Gasteiger partial charge is 0.240 e. The van der Waals surface area contributed by atoms with Gasteiger partial charge in [-0.1, -0.05) is 36.4 Å². The number of carbonyl (C=O) groups is 1. The van der Waals surface area contributed by atoms with Crippen molar-refractivity contribution in [2.24, 2.45) is 0 Å². The number of aryl methyl sites for hydroxylation is 1. The topological polar surface area (TPSA) is 48.1 Å². The highest BCUT2D eigenvalue weighted by Crippen LogP contribution is 2.26. The van der Waals surface area contributed by atoms with Gasteiger partial charge in [-0.3, -0.25) is 4.79 Å². The van der Waals surface area contributed by atoms with E-state index in [9.17, 15) is 4.79 Å². The first kappa shape index (κ1) is 15.9. The zero-order valence-corrected chi connectivity index (χ0v) is 14.3. The van der Waals surface area contributed by atoms with Crippen LogP contribution < -0.4 is 10.2 Å². The molecule has 2 heterocycles. The molecule has 0 fully saturated rings. The lowest BCUT2D eigenvalue weighted by molar-refractivity contribution is -0.117. The van der Waals surface area contributed by atoms with Crippen LogP contribution in [0.3, 0.4) is 0 Å². The van der Waals surface area contributed by atoms with Crippen LogP contribution in [-0.4, -0.2) is 30.5 Å². The van der Waals surface area contributed by atoms with Gasteiger partial charge in [-0.25, -0.2) is 0 Å². The summed E-state index contributed by atoms with van der Waals surface area (Å²) in [5.41, 5.74) is 4.82. The SMILES string of the molecule is O=C(CNCCc1c[nH]c2ccccc12)N1CCCc2ccccc21. The molecule has 2 N–H and O–H groups in total. The Morgan fingerprint density at radius 3 is 2.92 bits per heavy atom. The molecule has 1 amide bonds. The number of carbonyl (C=O) groups excluding carboxylic acids is 1. The molecule has 3 aromatic rings. The van der Waals surface area contributed by atoms with Gasteiger partial charge in [-0.15, -0.1) is 0 Å². The van der Waals surface area contributed by atoms with Crippen molar-refractivity contribution in [2.75, 3.05) is 24.5 Å². The third-order valence-electron chi connectivity index (χ3n) is 4.93. The maximum absolute atomic E-state index is 12.6. The second-order valence-electron chi connectivity index (χ2n) is 6.56. The minimum absolute atomic E-state index is 0.158. The molecule has 25 heavy (non-hydrogen) atoms. The van der Waals surface area contributed by atoms with E-state index in [1.165, 1.54) is 22.0 Å². The zero-order chi connectivity index (χ0) is 17.1. The fraction of sp³-hybridized carbons (Fsp3) is 0.286. The molecule has 4 heteroatoms. The lowest BCUT2D eigenvalue weighted by Gasteiger charge is -2.29. The zero-order valence-electron chi connectivity index (χ0n) is 14.3. The van der Waals surface area contributed by atoms with Gasteiger partial charge in [-0.2, -0.15) is 0 Å². The van der Waals surface area contributed by atoms with Crippen molar-refractivity contribution in [3.05, 3.63) is 65.9 Å². The minimum Gasteiger partial charge on any atom is -0.361 e. The van der Waals surface area contributed by atoms with Gasteiger partial charge in [0.15, 0.2) is 0 Å². The number of nitrogens with one attached hydrogen (secondary N) is 2. The summed E-state index contributed by atoms with van der Waals surface area (Å²) < 4.78 is 0. The van der Waals surface area contributed by atoms with E-state index in [-0.39, 0.29) is 5.91 Å². The number of anilines is 1. The van der Waals surface area contributed by atoms with Crippen molar-refractivity contribution in [3.8, 4) is 0 Å². The Balaban J connectivity index is 1.33. The molecule has 1 aliphatic heterocycles. The van der Waals surface area contributed by atoms with Crippen molar-refractivity contribution in [3.63, 3.8) is 0 Å². The van der Waals surface area contributed by atoms with Crippen molar-refractivity contribution < 1.29 is 4.79 Å². The molecule has 0 spiro atoms. The highest BCUT2D eigenvalue weighted by atomic mass is 16.2. The molecule has 4 nitrogen and oxygen atoms in total. The maximum Gasteiger partial charge on any atom is 0.240 e. The molecule has 0 saturated carbocycles. The number of amides is 1. The number of rotatable bonds is 5. The number of aromatic amines is 1. The van der Waals surface area contributed by atoms with E-state index in [2.05, 4.69) is 46.8 Å². The predicted octanol–water partition coefficient (Wildman–Crippen LogP) is 3.28. The van der Waals surface area contributed by atoms with Gasteiger partial charge in [0.1, 0.15) is 0 Å². The number of hydrogen-bond donors (Lipinski definition) is 2. The van der Waals surface area contributed by atoms with Crippen LogP contribution in [-0.2, 0) is 17.6 Å². The summed E-state index contributed by atoms with van der Waals surface area (Å²) >= 11 is 0. The first-order valence-corrected chi connectivity index (χ1v) is 8.97. The van der Waals surface area contributed by atoms with Gasteiger partial charge in [0.2, 0.25) is 5.91 Å². The molecule has 1 aromatic heterocycles. The van der Waals surface area contributed by atoms with Crippen LogP contribution in [0.25, 0.3) is 10.9 Å². The van der Waals surface area contributed by atoms with Gasteiger partial charge in [0.05, 0.1) is 6.54 Å². The molecule has 0 bridgehead atoms. The first-order valence-electron chi connectivity index (χ1n) is 8.97. The van der Waals surface area contributed by atoms with Crippen LogP contribution in [0.5, 0.6) is 0 Å². The van der Waals surface area contributed by atoms with Crippen LogP contribution in [0.15, 0.2) is 54.7 Å². The molecular formula is C21H23N3O. The summed E-state index contributed by atoms with van der Waals surface area (Å²) in [5.74, 6) is 0.158. The number of H-pyrrole nitrogens is 1. The number of fused-ring (bicyclic) bond motifs is 2. The largest absolute Gasteiger partial charge is 0.361 e. The second-order valence-corrected chi connectivity index (χ2v) is 6.56. The number of aromatic nitrogens is 1. The van der Waals surface area contributed by atoms with Crippen LogP contribution in [0.2, 0.25) is 0 Å². The number of para-hydroxylation sites is 2. The van der Waals surface area contributed by atoms with Crippen molar-refractivity contribution in [2.45, 2.75) is 19.3 Å². The number of benzene rings is 2. The summed E-state index contributed by atoms with van der Waals surface area (Å²) in [6.07, 6.45) is 5.08. The monoisotopic (exact) mass is 333 g/mol. The van der Waals surface area contributed by atoms with Gasteiger partial charge in [0.25, 0.3) is 0 Å². The molecule has 0 aliphatic carbocycles. The summed E-state index contributed by atoms with van der Waals surface area (Å²) in [6, 6.07) is 16.6. The van der Waals surface area contributed by atoms with Crippen LogP contribution in [0, 0.1) is 0 Å². The van der Waals surface area contributed by atoms with E-state index in [0.29, 0.717) is 6.54 Å². The van der Waals surface area contributed by atoms with Gasteiger partial charge < -0.3 is 15.2 Å². The average molecular weight is 333 g/mol. The van der Waals surface area contributed by atoms with E-state index >= 15 is 0 Å². The lowest BCUT2D eigenvalue weighted by Crippen LogP contribution is -2.41. The summed E-state index contributed by atoms with van der Waals surface area (Å²) in [7, 11) is 0.